The minimum atomic E-state index is -0.220. The molecule has 21 heavy (non-hydrogen) atoms. The molecule has 0 radical (unpaired) electrons. The smallest absolute Gasteiger partial charge is 0.137 e. The molecule has 2 aromatic rings. The zero-order valence-corrected chi connectivity index (χ0v) is 13.7. The van der Waals surface area contributed by atoms with Crippen molar-refractivity contribution in [2.75, 3.05) is 13.1 Å². The summed E-state index contributed by atoms with van der Waals surface area (Å²) in [4.78, 5) is 2.52. The highest BCUT2D eigenvalue weighted by Crippen LogP contribution is 2.28. The number of hydrogen-bond donors (Lipinski definition) is 0. The molecule has 1 fully saturated rings. The third kappa shape index (κ3) is 3.19. The Morgan fingerprint density at radius 3 is 2.24 bits per heavy atom. The lowest BCUT2D eigenvalue weighted by molar-refractivity contribution is 0.263. The van der Waals surface area contributed by atoms with Crippen LogP contribution in [0.3, 0.4) is 0 Å². The second kappa shape index (κ2) is 6.29. The van der Waals surface area contributed by atoms with E-state index in [0.29, 0.717) is 10.5 Å². The highest BCUT2D eigenvalue weighted by atomic mass is 79.9. The summed E-state index contributed by atoms with van der Waals surface area (Å²) in [6.07, 6.45) is 2.61. The fourth-order valence-corrected chi connectivity index (χ4v) is 3.22. The first kappa shape index (κ1) is 14.7. The van der Waals surface area contributed by atoms with Crippen molar-refractivity contribution in [1.82, 2.24) is 4.90 Å². The molecule has 1 heterocycles. The summed E-state index contributed by atoms with van der Waals surface area (Å²) in [5.74, 6) is -0.220. The van der Waals surface area contributed by atoms with Gasteiger partial charge in [0.2, 0.25) is 0 Å². The molecule has 1 atom stereocenters. The molecular weight excluding hydrogens is 329 g/mol. The summed E-state index contributed by atoms with van der Waals surface area (Å²) in [6.45, 7) is 4.65. The molecule has 0 aliphatic carbocycles. The van der Waals surface area contributed by atoms with Gasteiger partial charge in [-0.25, -0.2) is 4.39 Å². The summed E-state index contributed by atoms with van der Waals surface area (Å²) in [6, 6.07) is 14.2. The van der Waals surface area contributed by atoms with Crippen LogP contribution in [0.15, 0.2) is 46.9 Å². The summed E-state index contributed by atoms with van der Waals surface area (Å²) in [5, 5.41) is 0. The van der Waals surface area contributed by atoms with E-state index in [1.165, 1.54) is 31.5 Å². The highest BCUT2D eigenvalue weighted by molar-refractivity contribution is 9.10. The minimum absolute atomic E-state index is 0.220. The number of nitrogens with zero attached hydrogens (tertiary/aromatic N) is 1. The van der Waals surface area contributed by atoms with Crippen LogP contribution in [0, 0.1) is 5.82 Å². The van der Waals surface area contributed by atoms with Crippen molar-refractivity contribution < 1.29 is 4.39 Å². The molecule has 0 aromatic heterocycles. The van der Waals surface area contributed by atoms with Crippen LogP contribution in [-0.4, -0.2) is 18.0 Å². The van der Waals surface area contributed by atoms with E-state index in [0.717, 1.165) is 11.1 Å². The lowest BCUT2D eigenvalue weighted by atomic mass is 10.0. The number of halogens is 2. The first-order chi connectivity index (χ1) is 10.1. The maximum Gasteiger partial charge on any atom is 0.137 e. The Morgan fingerprint density at radius 1 is 1.00 bits per heavy atom. The van der Waals surface area contributed by atoms with Gasteiger partial charge in [-0.3, -0.25) is 4.90 Å². The van der Waals surface area contributed by atoms with E-state index < -0.39 is 0 Å². The molecule has 3 rings (SSSR count). The number of hydrogen-bond acceptors (Lipinski definition) is 1. The van der Waals surface area contributed by atoms with Gasteiger partial charge in [-0.05, 0) is 77.6 Å². The Labute approximate surface area is 133 Å². The molecule has 110 valence electrons. The van der Waals surface area contributed by atoms with Crippen LogP contribution < -0.4 is 0 Å². The molecule has 0 bridgehead atoms. The SMILES string of the molecule is CC(c1ccc(-c2ccc(Br)c(F)c2)cc1)N1CCCC1. The predicted molar refractivity (Wildman–Crippen MR) is 88.8 cm³/mol. The Balaban J connectivity index is 1.81. The molecule has 1 aliphatic rings. The van der Waals surface area contributed by atoms with Crippen molar-refractivity contribution in [2.45, 2.75) is 25.8 Å². The van der Waals surface area contributed by atoms with Gasteiger partial charge in [-0.15, -0.1) is 0 Å². The van der Waals surface area contributed by atoms with Crippen LogP contribution in [0.1, 0.15) is 31.4 Å². The molecule has 1 unspecified atom stereocenters. The van der Waals surface area contributed by atoms with Gasteiger partial charge in [0.25, 0.3) is 0 Å². The molecule has 0 amide bonds. The third-order valence-corrected chi connectivity index (χ3v) is 4.98. The number of likely N-dealkylation sites (tertiary alicyclic amines) is 1. The molecule has 0 saturated carbocycles. The highest BCUT2D eigenvalue weighted by Gasteiger charge is 2.19. The fourth-order valence-electron chi connectivity index (χ4n) is 2.97. The second-order valence-electron chi connectivity index (χ2n) is 5.67. The maximum atomic E-state index is 13.6. The van der Waals surface area contributed by atoms with Crippen LogP contribution >= 0.6 is 15.9 Å². The van der Waals surface area contributed by atoms with Gasteiger partial charge < -0.3 is 0 Å². The van der Waals surface area contributed by atoms with Gasteiger partial charge in [-0.2, -0.15) is 0 Å². The van der Waals surface area contributed by atoms with Gasteiger partial charge in [0.1, 0.15) is 5.82 Å². The van der Waals surface area contributed by atoms with E-state index in [4.69, 9.17) is 0 Å². The lowest BCUT2D eigenvalue weighted by Gasteiger charge is -2.24. The summed E-state index contributed by atoms with van der Waals surface area (Å²) in [5.41, 5.74) is 3.30. The van der Waals surface area contributed by atoms with Gasteiger partial charge in [0, 0.05) is 6.04 Å². The Hall–Kier alpha value is -1.19. The van der Waals surface area contributed by atoms with Crippen molar-refractivity contribution in [2.24, 2.45) is 0 Å². The van der Waals surface area contributed by atoms with Crippen molar-refractivity contribution in [3.8, 4) is 11.1 Å². The van der Waals surface area contributed by atoms with Crippen LogP contribution in [0.4, 0.5) is 4.39 Å². The Kier molecular flexibility index (Phi) is 4.41. The van der Waals surface area contributed by atoms with Crippen molar-refractivity contribution in [1.29, 1.82) is 0 Å². The topological polar surface area (TPSA) is 3.24 Å². The van der Waals surface area contributed by atoms with E-state index in [2.05, 4.69) is 52.0 Å². The zero-order chi connectivity index (χ0) is 14.8. The standard InChI is InChI=1S/C18H19BrFN/c1-13(21-10-2-3-11-21)14-4-6-15(7-5-14)16-8-9-17(19)18(20)12-16/h4-9,12-13H,2-3,10-11H2,1H3. The number of benzene rings is 2. The third-order valence-electron chi connectivity index (χ3n) is 4.33. The molecule has 2 aromatic carbocycles. The normalized spacial score (nSPS) is 17.1. The fraction of sp³-hybridized carbons (Fsp3) is 0.333. The summed E-state index contributed by atoms with van der Waals surface area (Å²) in [7, 11) is 0. The van der Waals surface area contributed by atoms with Gasteiger partial charge in [0.05, 0.1) is 4.47 Å². The Morgan fingerprint density at radius 2 is 1.62 bits per heavy atom. The van der Waals surface area contributed by atoms with Crippen LogP contribution in [0.5, 0.6) is 0 Å². The van der Waals surface area contributed by atoms with E-state index in [1.54, 1.807) is 12.1 Å². The Bertz CT molecular complexity index is 618. The number of rotatable bonds is 3. The molecule has 1 saturated heterocycles. The van der Waals surface area contributed by atoms with E-state index >= 15 is 0 Å². The van der Waals surface area contributed by atoms with Crippen molar-refractivity contribution >= 4 is 15.9 Å². The van der Waals surface area contributed by atoms with Gasteiger partial charge in [0.15, 0.2) is 0 Å². The zero-order valence-electron chi connectivity index (χ0n) is 12.2. The van der Waals surface area contributed by atoms with E-state index in [9.17, 15) is 4.39 Å². The predicted octanol–water partition coefficient (Wildman–Crippen LogP) is 5.41. The summed E-state index contributed by atoms with van der Waals surface area (Å²) < 4.78 is 14.1. The molecule has 3 heteroatoms. The molecule has 1 aliphatic heterocycles. The van der Waals surface area contributed by atoms with Crippen molar-refractivity contribution in [3.05, 3.63) is 58.3 Å². The van der Waals surface area contributed by atoms with Crippen molar-refractivity contribution in [3.63, 3.8) is 0 Å². The first-order valence-corrected chi connectivity index (χ1v) is 8.24. The lowest BCUT2D eigenvalue weighted by Crippen LogP contribution is -2.23. The summed E-state index contributed by atoms with van der Waals surface area (Å²) >= 11 is 3.19. The molecule has 0 spiro atoms. The average Bonchev–Trinajstić information content (AvgIpc) is 3.04. The monoisotopic (exact) mass is 347 g/mol. The quantitative estimate of drug-likeness (QED) is 0.717. The minimum Gasteiger partial charge on any atom is -0.297 e. The van der Waals surface area contributed by atoms with E-state index in [1.807, 2.05) is 6.07 Å². The van der Waals surface area contributed by atoms with Crippen LogP contribution in [-0.2, 0) is 0 Å². The second-order valence-corrected chi connectivity index (χ2v) is 6.52. The molecule has 0 N–H and O–H groups in total. The maximum absolute atomic E-state index is 13.6. The average molecular weight is 348 g/mol. The van der Waals surface area contributed by atoms with Crippen LogP contribution in [0.25, 0.3) is 11.1 Å². The molecular formula is C18H19BrFN. The first-order valence-electron chi connectivity index (χ1n) is 7.44. The van der Waals surface area contributed by atoms with Gasteiger partial charge in [-0.1, -0.05) is 30.3 Å². The largest absolute Gasteiger partial charge is 0.297 e. The molecule has 1 nitrogen and oxygen atoms in total. The van der Waals surface area contributed by atoms with E-state index in [-0.39, 0.29) is 5.82 Å². The van der Waals surface area contributed by atoms with Gasteiger partial charge >= 0.3 is 0 Å². The van der Waals surface area contributed by atoms with Crippen LogP contribution in [0.2, 0.25) is 0 Å².